The number of hydrogen-bond acceptors (Lipinski definition) is 2. The number of benzene rings is 10. The predicted octanol–water partition coefficient (Wildman–Crippen LogP) is 16.3. The highest BCUT2D eigenvalue weighted by Crippen LogP contribution is 2.43. The van der Waals surface area contributed by atoms with Crippen LogP contribution in [0.15, 0.2) is 235 Å². The van der Waals surface area contributed by atoms with Crippen LogP contribution in [0, 0.1) is 0 Å². The standard InChI is InChI=1S/C58H38N2O/c1-2-18-46-41(14-1)15-12-28-53(46)59(45-17-11-16-43(38-45)48-23-13-24-52-51-22-6-10-29-57(51)61-58(48)52)44-36-34-40(35-37-44)39-30-32-42(33-31-39)47-19-3-7-25-54(47)60-55-26-8-4-20-49(55)50-21-5-9-27-56(50)60/h1-38H. The van der Waals surface area contributed by atoms with Crippen molar-refractivity contribution in [3.8, 4) is 39.1 Å². The van der Waals surface area contributed by atoms with Crippen molar-refractivity contribution in [2.75, 3.05) is 4.90 Å². The predicted molar refractivity (Wildman–Crippen MR) is 257 cm³/mol. The molecule has 0 aliphatic heterocycles. The Morgan fingerprint density at radius 3 is 1.69 bits per heavy atom. The highest BCUT2D eigenvalue weighted by Gasteiger charge is 2.19. The minimum absolute atomic E-state index is 0.900. The number of fused-ring (bicyclic) bond motifs is 7. The monoisotopic (exact) mass is 778 g/mol. The average molecular weight is 779 g/mol. The Bertz CT molecular complexity index is 3530. The Labute approximate surface area is 353 Å². The van der Waals surface area contributed by atoms with Gasteiger partial charge in [0.2, 0.25) is 0 Å². The van der Waals surface area contributed by atoms with E-state index in [9.17, 15) is 0 Å². The molecule has 0 atom stereocenters. The van der Waals surface area contributed by atoms with Crippen molar-refractivity contribution >= 4 is 71.6 Å². The second-order valence-corrected chi connectivity index (χ2v) is 15.7. The molecular formula is C58H38N2O. The van der Waals surface area contributed by atoms with E-state index in [1.165, 1.54) is 55.0 Å². The van der Waals surface area contributed by atoms with Crippen molar-refractivity contribution in [2.24, 2.45) is 0 Å². The molecule has 3 heteroatoms. The van der Waals surface area contributed by atoms with Gasteiger partial charge >= 0.3 is 0 Å². The summed E-state index contributed by atoms with van der Waals surface area (Å²) in [7, 11) is 0. The normalized spacial score (nSPS) is 11.6. The van der Waals surface area contributed by atoms with E-state index in [1.54, 1.807) is 0 Å². The molecule has 0 spiro atoms. The summed E-state index contributed by atoms with van der Waals surface area (Å²) in [5.74, 6) is 0. The van der Waals surface area contributed by atoms with Gasteiger partial charge in [0.05, 0.1) is 22.4 Å². The first-order chi connectivity index (χ1) is 30.3. The number of nitrogens with zero attached hydrogens (tertiary/aromatic N) is 2. The van der Waals surface area contributed by atoms with Gasteiger partial charge in [-0.05, 0) is 82.2 Å². The third-order valence-electron chi connectivity index (χ3n) is 12.2. The zero-order valence-electron chi connectivity index (χ0n) is 33.2. The lowest BCUT2D eigenvalue weighted by atomic mass is 9.98. The molecule has 3 nitrogen and oxygen atoms in total. The molecular weight excluding hydrogens is 741 g/mol. The number of aromatic nitrogens is 1. The maximum absolute atomic E-state index is 6.49. The van der Waals surface area contributed by atoms with Crippen LogP contribution in [0.3, 0.4) is 0 Å². The van der Waals surface area contributed by atoms with E-state index in [2.05, 4.69) is 228 Å². The molecule has 0 amide bonds. The highest BCUT2D eigenvalue weighted by atomic mass is 16.3. The molecule has 10 aromatic carbocycles. The largest absolute Gasteiger partial charge is 0.455 e. The summed E-state index contributed by atoms with van der Waals surface area (Å²) in [4.78, 5) is 2.38. The maximum atomic E-state index is 6.49. The van der Waals surface area contributed by atoms with Crippen LogP contribution in [0.1, 0.15) is 0 Å². The van der Waals surface area contributed by atoms with E-state index in [0.29, 0.717) is 0 Å². The van der Waals surface area contributed by atoms with Crippen molar-refractivity contribution in [1.29, 1.82) is 0 Å². The quantitative estimate of drug-likeness (QED) is 0.161. The SMILES string of the molecule is c1cc(-c2cccc3c2oc2ccccc23)cc(N(c2ccc(-c3ccc(-c4ccccc4-n4c5ccccc5c5ccccc54)cc3)cc2)c2cccc3ccccc23)c1. The van der Waals surface area contributed by atoms with E-state index in [0.717, 1.165) is 55.7 Å². The maximum Gasteiger partial charge on any atom is 0.143 e. The first kappa shape index (κ1) is 34.9. The summed E-state index contributed by atoms with van der Waals surface area (Å²) in [6.07, 6.45) is 0. The van der Waals surface area contributed by atoms with Gasteiger partial charge in [0.25, 0.3) is 0 Å². The molecule has 12 rings (SSSR count). The summed E-state index contributed by atoms with van der Waals surface area (Å²) in [5, 5.41) is 7.17. The smallest absolute Gasteiger partial charge is 0.143 e. The summed E-state index contributed by atoms with van der Waals surface area (Å²) in [6, 6.07) is 82.8. The van der Waals surface area contributed by atoms with Gasteiger partial charge < -0.3 is 13.9 Å². The van der Waals surface area contributed by atoms with Crippen molar-refractivity contribution in [3.05, 3.63) is 231 Å². The third kappa shape index (κ3) is 5.82. The van der Waals surface area contributed by atoms with Crippen LogP contribution in [0.5, 0.6) is 0 Å². The molecule has 0 unspecified atom stereocenters. The Morgan fingerprint density at radius 1 is 0.344 bits per heavy atom. The fraction of sp³-hybridized carbons (Fsp3) is 0. The van der Waals surface area contributed by atoms with Gasteiger partial charge in [0.1, 0.15) is 11.2 Å². The summed E-state index contributed by atoms with van der Waals surface area (Å²) in [5.41, 5.74) is 15.5. The molecule has 2 heterocycles. The number of anilines is 3. The lowest BCUT2D eigenvalue weighted by Crippen LogP contribution is -2.10. The molecule has 286 valence electrons. The molecule has 0 saturated carbocycles. The number of hydrogen-bond donors (Lipinski definition) is 0. The molecule has 0 N–H and O–H groups in total. The Balaban J connectivity index is 0.924. The van der Waals surface area contributed by atoms with Gasteiger partial charge in [-0.15, -0.1) is 0 Å². The minimum atomic E-state index is 0.900. The molecule has 12 aromatic rings. The van der Waals surface area contributed by atoms with Gasteiger partial charge in [0, 0.05) is 49.4 Å². The van der Waals surface area contributed by atoms with Gasteiger partial charge in [0.15, 0.2) is 0 Å². The van der Waals surface area contributed by atoms with Crippen LogP contribution in [0.4, 0.5) is 17.1 Å². The van der Waals surface area contributed by atoms with Crippen molar-refractivity contribution in [1.82, 2.24) is 4.57 Å². The van der Waals surface area contributed by atoms with Crippen LogP contribution < -0.4 is 4.90 Å². The molecule has 0 saturated heterocycles. The summed E-state index contributed by atoms with van der Waals surface area (Å²) >= 11 is 0. The first-order valence-corrected chi connectivity index (χ1v) is 20.8. The van der Waals surface area contributed by atoms with Gasteiger partial charge in [-0.25, -0.2) is 0 Å². The van der Waals surface area contributed by atoms with Crippen molar-refractivity contribution in [2.45, 2.75) is 0 Å². The number of furan rings is 1. The second kappa shape index (κ2) is 14.3. The lowest BCUT2D eigenvalue weighted by molar-refractivity contribution is 0.670. The molecule has 61 heavy (non-hydrogen) atoms. The first-order valence-electron chi connectivity index (χ1n) is 20.8. The molecule has 0 radical (unpaired) electrons. The van der Waals surface area contributed by atoms with E-state index >= 15 is 0 Å². The van der Waals surface area contributed by atoms with E-state index in [4.69, 9.17) is 4.42 Å². The number of para-hydroxylation sites is 5. The third-order valence-corrected chi connectivity index (χ3v) is 12.2. The second-order valence-electron chi connectivity index (χ2n) is 15.7. The summed E-state index contributed by atoms with van der Waals surface area (Å²) in [6.45, 7) is 0. The molecule has 0 aliphatic rings. The Morgan fingerprint density at radius 2 is 0.902 bits per heavy atom. The van der Waals surface area contributed by atoms with Crippen LogP contribution in [-0.4, -0.2) is 4.57 Å². The fourth-order valence-electron chi connectivity index (χ4n) is 9.36. The van der Waals surface area contributed by atoms with E-state index < -0.39 is 0 Å². The lowest BCUT2D eigenvalue weighted by Gasteiger charge is -2.27. The van der Waals surface area contributed by atoms with Gasteiger partial charge in [-0.3, -0.25) is 0 Å². The van der Waals surface area contributed by atoms with Crippen LogP contribution in [0.25, 0.3) is 93.6 Å². The summed E-state index contributed by atoms with van der Waals surface area (Å²) < 4.78 is 8.90. The van der Waals surface area contributed by atoms with E-state index in [1.807, 2.05) is 12.1 Å². The van der Waals surface area contributed by atoms with Crippen LogP contribution in [-0.2, 0) is 0 Å². The zero-order valence-corrected chi connectivity index (χ0v) is 33.2. The van der Waals surface area contributed by atoms with Crippen molar-refractivity contribution < 1.29 is 4.42 Å². The molecule has 0 aliphatic carbocycles. The zero-order chi connectivity index (χ0) is 40.3. The fourth-order valence-corrected chi connectivity index (χ4v) is 9.36. The Hall–Kier alpha value is -8.14. The van der Waals surface area contributed by atoms with Gasteiger partial charge in [-0.1, -0.05) is 176 Å². The van der Waals surface area contributed by atoms with E-state index in [-0.39, 0.29) is 0 Å². The molecule has 2 aromatic heterocycles. The highest BCUT2D eigenvalue weighted by molar-refractivity contribution is 6.11. The minimum Gasteiger partial charge on any atom is -0.455 e. The molecule has 0 bridgehead atoms. The molecule has 0 fully saturated rings. The average Bonchev–Trinajstić information content (AvgIpc) is 3.88. The van der Waals surface area contributed by atoms with Crippen LogP contribution >= 0.6 is 0 Å². The Kier molecular flexibility index (Phi) is 8.17. The van der Waals surface area contributed by atoms with Crippen LogP contribution in [0.2, 0.25) is 0 Å². The van der Waals surface area contributed by atoms with Crippen molar-refractivity contribution in [3.63, 3.8) is 0 Å². The topological polar surface area (TPSA) is 21.3 Å². The number of rotatable bonds is 7. The van der Waals surface area contributed by atoms with Gasteiger partial charge in [-0.2, -0.15) is 0 Å².